The predicted octanol–water partition coefficient (Wildman–Crippen LogP) is 2.51. The molecule has 1 amide bonds. The summed E-state index contributed by atoms with van der Waals surface area (Å²) in [5.74, 6) is -3.46. The molecule has 0 heterocycles. The molecule has 0 radical (unpaired) electrons. The first-order valence-corrected chi connectivity index (χ1v) is 6.77. The van der Waals surface area contributed by atoms with Crippen LogP contribution in [0.5, 0.6) is 0 Å². The van der Waals surface area contributed by atoms with Crippen molar-refractivity contribution >= 4 is 11.9 Å². The lowest BCUT2D eigenvalue weighted by Gasteiger charge is -2.17. The van der Waals surface area contributed by atoms with Gasteiger partial charge < -0.3 is 10.4 Å². The van der Waals surface area contributed by atoms with Crippen LogP contribution in [-0.2, 0) is 16.0 Å². The molecule has 6 heteroatoms. The first-order valence-electron chi connectivity index (χ1n) is 6.77. The van der Waals surface area contributed by atoms with Crippen molar-refractivity contribution in [2.45, 2.75) is 39.2 Å². The molecule has 0 fully saturated rings. The molecular weight excluding hydrogens is 280 g/mol. The van der Waals surface area contributed by atoms with E-state index in [1.807, 2.05) is 0 Å². The highest BCUT2D eigenvalue weighted by atomic mass is 19.2. The van der Waals surface area contributed by atoms with Crippen molar-refractivity contribution in [1.29, 1.82) is 0 Å². The number of halogens is 2. The molecule has 1 aromatic rings. The van der Waals surface area contributed by atoms with Gasteiger partial charge in [-0.15, -0.1) is 0 Å². The highest BCUT2D eigenvalue weighted by Crippen LogP contribution is 2.11. The number of hydrogen-bond donors (Lipinski definition) is 2. The number of rotatable bonds is 7. The summed E-state index contributed by atoms with van der Waals surface area (Å²) in [6.45, 7) is 3.42. The number of hydrogen-bond acceptors (Lipinski definition) is 2. The average molecular weight is 299 g/mol. The van der Waals surface area contributed by atoms with Gasteiger partial charge >= 0.3 is 5.97 Å². The Hall–Kier alpha value is -1.98. The van der Waals surface area contributed by atoms with Gasteiger partial charge in [-0.25, -0.2) is 13.6 Å². The standard InChI is InChI=1S/C15H19F2NO3/c1-9(2)14(15(20)21)18-13(19)5-3-4-10-6-7-11(16)12(17)8-10/h6-9,14H,3-5H2,1-2H3,(H,18,19)(H,20,21)/t14-/m0/s1. The molecule has 0 aliphatic heterocycles. The van der Waals surface area contributed by atoms with Crippen LogP contribution in [0, 0.1) is 17.6 Å². The molecular formula is C15H19F2NO3. The van der Waals surface area contributed by atoms with Crippen molar-refractivity contribution < 1.29 is 23.5 Å². The zero-order chi connectivity index (χ0) is 16.0. The quantitative estimate of drug-likeness (QED) is 0.813. The van der Waals surface area contributed by atoms with E-state index in [2.05, 4.69) is 5.32 Å². The third kappa shape index (κ3) is 5.49. The van der Waals surface area contributed by atoms with Crippen LogP contribution in [0.2, 0.25) is 0 Å². The summed E-state index contributed by atoms with van der Waals surface area (Å²) in [6.07, 6.45) is 0.987. The summed E-state index contributed by atoms with van der Waals surface area (Å²) < 4.78 is 25.7. The van der Waals surface area contributed by atoms with Gasteiger partial charge in [0.05, 0.1) is 0 Å². The SMILES string of the molecule is CC(C)[C@H](NC(=O)CCCc1ccc(F)c(F)c1)C(=O)O. The molecule has 2 N–H and O–H groups in total. The van der Waals surface area contributed by atoms with Crippen molar-refractivity contribution in [3.05, 3.63) is 35.4 Å². The third-order valence-corrected chi connectivity index (χ3v) is 3.10. The van der Waals surface area contributed by atoms with Crippen molar-refractivity contribution in [3.63, 3.8) is 0 Å². The molecule has 0 aliphatic carbocycles. The number of carboxylic acid groups (broad SMARTS) is 1. The lowest BCUT2D eigenvalue weighted by Crippen LogP contribution is -2.44. The van der Waals surface area contributed by atoms with Crippen molar-refractivity contribution in [2.75, 3.05) is 0 Å². The molecule has 0 unspecified atom stereocenters. The van der Waals surface area contributed by atoms with E-state index in [9.17, 15) is 18.4 Å². The predicted molar refractivity (Wildman–Crippen MR) is 73.7 cm³/mol. The van der Waals surface area contributed by atoms with Gasteiger partial charge in [0.2, 0.25) is 5.91 Å². The number of benzene rings is 1. The topological polar surface area (TPSA) is 66.4 Å². The molecule has 0 aromatic heterocycles. The number of amides is 1. The Morgan fingerprint density at radius 1 is 1.24 bits per heavy atom. The van der Waals surface area contributed by atoms with Gasteiger partial charge in [-0.2, -0.15) is 0 Å². The molecule has 0 bridgehead atoms. The second kappa shape index (κ2) is 7.71. The summed E-state index contributed by atoms with van der Waals surface area (Å²) in [4.78, 5) is 22.6. The fraction of sp³-hybridized carbons (Fsp3) is 0.467. The van der Waals surface area contributed by atoms with Crippen LogP contribution in [0.4, 0.5) is 8.78 Å². The average Bonchev–Trinajstić information content (AvgIpc) is 2.39. The van der Waals surface area contributed by atoms with Gasteiger partial charge in [-0.1, -0.05) is 19.9 Å². The van der Waals surface area contributed by atoms with Crippen LogP contribution in [-0.4, -0.2) is 23.0 Å². The molecule has 4 nitrogen and oxygen atoms in total. The summed E-state index contributed by atoms with van der Waals surface area (Å²) in [6, 6.07) is 2.69. The number of aryl methyl sites for hydroxylation is 1. The van der Waals surface area contributed by atoms with E-state index in [1.54, 1.807) is 13.8 Å². The molecule has 0 spiro atoms. The lowest BCUT2D eigenvalue weighted by atomic mass is 10.0. The highest BCUT2D eigenvalue weighted by Gasteiger charge is 2.22. The maximum atomic E-state index is 13.0. The molecule has 116 valence electrons. The fourth-order valence-electron chi connectivity index (χ4n) is 1.91. The van der Waals surface area contributed by atoms with Crippen LogP contribution in [0.25, 0.3) is 0 Å². The Morgan fingerprint density at radius 2 is 1.90 bits per heavy atom. The zero-order valence-electron chi connectivity index (χ0n) is 12.0. The summed E-state index contributed by atoms with van der Waals surface area (Å²) in [5.41, 5.74) is 0.598. The molecule has 21 heavy (non-hydrogen) atoms. The van der Waals surface area contributed by atoms with E-state index in [0.717, 1.165) is 12.1 Å². The van der Waals surface area contributed by atoms with E-state index in [4.69, 9.17) is 5.11 Å². The van der Waals surface area contributed by atoms with E-state index in [1.165, 1.54) is 6.07 Å². The van der Waals surface area contributed by atoms with Gasteiger partial charge in [-0.05, 0) is 36.5 Å². The summed E-state index contributed by atoms with van der Waals surface area (Å²) in [7, 11) is 0. The maximum Gasteiger partial charge on any atom is 0.326 e. The van der Waals surface area contributed by atoms with Crippen molar-refractivity contribution in [3.8, 4) is 0 Å². The van der Waals surface area contributed by atoms with Crippen molar-refractivity contribution in [1.82, 2.24) is 5.32 Å². The molecule has 0 saturated heterocycles. The first kappa shape index (κ1) is 17.1. The minimum Gasteiger partial charge on any atom is -0.480 e. The minimum absolute atomic E-state index is 0.134. The summed E-state index contributed by atoms with van der Waals surface area (Å²) >= 11 is 0. The van der Waals surface area contributed by atoms with Crippen molar-refractivity contribution in [2.24, 2.45) is 5.92 Å². The van der Waals surface area contributed by atoms with Crippen LogP contribution in [0.15, 0.2) is 18.2 Å². The third-order valence-electron chi connectivity index (χ3n) is 3.10. The van der Waals surface area contributed by atoms with Crippen LogP contribution < -0.4 is 5.32 Å². The lowest BCUT2D eigenvalue weighted by molar-refractivity contribution is -0.143. The largest absolute Gasteiger partial charge is 0.480 e. The number of carboxylic acids is 1. The first-order chi connectivity index (χ1) is 9.81. The van der Waals surface area contributed by atoms with Crippen LogP contribution in [0.3, 0.4) is 0 Å². The van der Waals surface area contributed by atoms with Gasteiger partial charge in [0.15, 0.2) is 11.6 Å². The molecule has 1 atom stereocenters. The van der Waals surface area contributed by atoms with Crippen LogP contribution in [0.1, 0.15) is 32.3 Å². The number of aliphatic carboxylic acids is 1. The number of carbonyl (C=O) groups excluding carboxylic acids is 1. The number of carbonyl (C=O) groups is 2. The Balaban J connectivity index is 2.42. The maximum absolute atomic E-state index is 13.0. The van der Waals surface area contributed by atoms with Crippen LogP contribution >= 0.6 is 0 Å². The second-order valence-electron chi connectivity index (χ2n) is 5.23. The van der Waals surface area contributed by atoms with E-state index in [-0.39, 0.29) is 18.2 Å². The normalized spacial score (nSPS) is 12.2. The van der Waals surface area contributed by atoms with Gasteiger partial charge in [-0.3, -0.25) is 4.79 Å². The highest BCUT2D eigenvalue weighted by molar-refractivity contribution is 5.83. The Bertz CT molecular complexity index is 518. The Kier molecular flexibility index (Phi) is 6.27. The van der Waals surface area contributed by atoms with Gasteiger partial charge in [0.25, 0.3) is 0 Å². The molecule has 1 rings (SSSR count). The molecule has 0 saturated carbocycles. The number of nitrogens with one attached hydrogen (secondary N) is 1. The smallest absolute Gasteiger partial charge is 0.326 e. The Morgan fingerprint density at radius 3 is 2.43 bits per heavy atom. The van der Waals surface area contributed by atoms with E-state index in [0.29, 0.717) is 18.4 Å². The minimum atomic E-state index is -1.07. The monoisotopic (exact) mass is 299 g/mol. The second-order valence-corrected chi connectivity index (χ2v) is 5.23. The summed E-state index contributed by atoms with van der Waals surface area (Å²) in [5, 5.41) is 11.4. The van der Waals surface area contributed by atoms with E-state index >= 15 is 0 Å². The molecule has 0 aliphatic rings. The van der Waals surface area contributed by atoms with Gasteiger partial charge in [0, 0.05) is 6.42 Å². The molecule has 1 aromatic carbocycles. The van der Waals surface area contributed by atoms with E-state index < -0.39 is 23.6 Å². The van der Waals surface area contributed by atoms with Gasteiger partial charge in [0.1, 0.15) is 6.04 Å². The fourth-order valence-corrected chi connectivity index (χ4v) is 1.91. The Labute approximate surface area is 122 Å². The zero-order valence-corrected chi connectivity index (χ0v) is 12.0.